The van der Waals surface area contributed by atoms with Crippen LogP contribution in [0.25, 0.3) is 0 Å². The fourth-order valence-electron chi connectivity index (χ4n) is 1.47. The summed E-state index contributed by atoms with van der Waals surface area (Å²) >= 11 is 6.77. The lowest BCUT2D eigenvalue weighted by molar-refractivity contribution is 0.562. The van der Waals surface area contributed by atoms with Crippen molar-refractivity contribution in [1.29, 1.82) is 0 Å². The van der Waals surface area contributed by atoms with Gasteiger partial charge >= 0.3 is 0 Å². The van der Waals surface area contributed by atoms with Crippen LogP contribution in [0.15, 0.2) is 16.3 Å². The number of hydrogen-bond acceptors (Lipinski definition) is 4. The van der Waals surface area contributed by atoms with Crippen LogP contribution in [-0.4, -0.2) is 27.5 Å². The van der Waals surface area contributed by atoms with Gasteiger partial charge in [0.15, 0.2) is 0 Å². The minimum absolute atomic E-state index is 0.00382. The maximum Gasteiger partial charge on any atom is 0.250 e. The van der Waals surface area contributed by atoms with Gasteiger partial charge < -0.3 is 5.32 Å². The molecule has 0 aliphatic carbocycles. The van der Waals surface area contributed by atoms with E-state index < -0.39 is 10.0 Å². The summed E-state index contributed by atoms with van der Waals surface area (Å²) in [5.74, 6) is 0. The van der Waals surface area contributed by atoms with Gasteiger partial charge in [0, 0.05) is 12.6 Å². The molecule has 2 heterocycles. The molecule has 15 heavy (non-hydrogen) atoms. The number of hydrogen-bond donors (Lipinski definition) is 2. The summed E-state index contributed by atoms with van der Waals surface area (Å²) in [6.45, 7) is 1.55. The molecule has 1 fully saturated rings. The highest BCUT2D eigenvalue weighted by molar-refractivity contribution is 7.91. The molecule has 1 saturated heterocycles. The van der Waals surface area contributed by atoms with Crippen LogP contribution in [0.3, 0.4) is 0 Å². The molecular formula is C8H11ClN2O2S2. The Hall–Kier alpha value is -0.140. The SMILES string of the molecule is O=S(=O)(NC1CCNC1)c1ccc(Cl)s1. The van der Waals surface area contributed by atoms with Crippen molar-refractivity contribution in [2.45, 2.75) is 16.7 Å². The van der Waals surface area contributed by atoms with Crippen LogP contribution >= 0.6 is 22.9 Å². The summed E-state index contributed by atoms with van der Waals surface area (Å²) in [7, 11) is -3.38. The zero-order chi connectivity index (χ0) is 10.9. The van der Waals surface area contributed by atoms with E-state index in [1.54, 1.807) is 6.07 Å². The molecule has 4 nitrogen and oxygen atoms in total. The Bertz CT molecular complexity index is 437. The van der Waals surface area contributed by atoms with Crippen molar-refractivity contribution in [3.8, 4) is 0 Å². The number of nitrogens with one attached hydrogen (secondary N) is 2. The smallest absolute Gasteiger partial charge is 0.250 e. The average Bonchev–Trinajstić information content (AvgIpc) is 2.75. The molecule has 7 heteroatoms. The van der Waals surface area contributed by atoms with Crippen molar-refractivity contribution in [3.05, 3.63) is 16.5 Å². The van der Waals surface area contributed by atoms with Crippen LogP contribution in [0.5, 0.6) is 0 Å². The van der Waals surface area contributed by atoms with Crippen LogP contribution in [0.1, 0.15) is 6.42 Å². The van der Waals surface area contributed by atoms with Crippen molar-refractivity contribution in [1.82, 2.24) is 10.0 Å². The summed E-state index contributed by atoms with van der Waals surface area (Å²) in [5.41, 5.74) is 0. The van der Waals surface area contributed by atoms with E-state index >= 15 is 0 Å². The van der Waals surface area contributed by atoms with Crippen molar-refractivity contribution in [2.75, 3.05) is 13.1 Å². The van der Waals surface area contributed by atoms with Gasteiger partial charge in [-0.1, -0.05) is 11.6 Å². The predicted molar refractivity (Wildman–Crippen MR) is 60.9 cm³/mol. The van der Waals surface area contributed by atoms with E-state index in [9.17, 15) is 8.42 Å². The Morgan fingerprint density at radius 2 is 2.33 bits per heavy atom. The normalized spacial score (nSPS) is 22.1. The van der Waals surface area contributed by atoms with Crippen molar-refractivity contribution in [2.24, 2.45) is 0 Å². The Labute approximate surface area is 97.7 Å². The monoisotopic (exact) mass is 266 g/mol. The highest BCUT2D eigenvalue weighted by Crippen LogP contribution is 2.25. The lowest BCUT2D eigenvalue weighted by Crippen LogP contribution is -2.35. The van der Waals surface area contributed by atoms with E-state index in [0.717, 1.165) is 24.3 Å². The summed E-state index contributed by atoms with van der Waals surface area (Å²) in [4.78, 5) is 0. The molecule has 0 aromatic carbocycles. The van der Waals surface area contributed by atoms with E-state index in [2.05, 4.69) is 10.0 Å². The van der Waals surface area contributed by atoms with Gasteiger partial charge in [-0.3, -0.25) is 0 Å². The molecule has 0 saturated carbocycles. The third-order valence-corrected chi connectivity index (χ3v) is 5.44. The Morgan fingerprint density at radius 3 is 2.87 bits per heavy atom. The Balaban J connectivity index is 2.12. The Morgan fingerprint density at radius 1 is 1.53 bits per heavy atom. The molecule has 1 atom stereocenters. The van der Waals surface area contributed by atoms with Crippen LogP contribution in [0.4, 0.5) is 0 Å². The van der Waals surface area contributed by atoms with Gasteiger partial charge in [-0.25, -0.2) is 13.1 Å². The first-order chi connectivity index (χ1) is 7.08. The molecule has 2 rings (SSSR count). The van der Waals surface area contributed by atoms with Gasteiger partial charge in [0.1, 0.15) is 4.21 Å². The molecular weight excluding hydrogens is 256 g/mol. The number of thiophene rings is 1. The molecule has 2 N–H and O–H groups in total. The largest absolute Gasteiger partial charge is 0.315 e. The first-order valence-electron chi connectivity index (χ1n) is 4.56. The van der Waals surface area contributed by atoms with Crippen LogP contribution in [-0.2, 0) is 10.0 Å². The van der Waals surface area contributed by atoms with Gasteiger partial charge in [0.05, 0.1) is 4.34 Å². The second kappa shape index (κ2) is 4.39. The van der Waals surface area contributed by atoms with Crippen LogP contribution in [0.2, 0.25) is 4.34 Å². The van der Waals surface area contributed by atoms with Gasteiger partial charge in [0.25, 0.3) is 0 Å². The standard InChI is InChI=1S/C8H11ClN2O2S2/c9-7-1-2-8(14-7)15(12,13)11-6-3-4-10-5-6/h1-2,6,10-11H,3-5H2. The summed E-state index contributed by atoms with van der Waals surface area (Å²) in [6.07, 6.45) is 0.832. The summed E-state index contributed by atoms with van der Waals surface area (Å²) in [6, 6.07) is 3.11. The zero-order valence-corrected chi connectivity index (χ0v) is 10.3. The van der Waals surface area contributed by atoms with Crippen LogP contribution < -0.4 is 10.0 Å². The first kappa shape index (κ1) is 11.3. The third-order valence-electron chi connectivity index (χ3n) is 2.20. The molecule has 0 radical (unpaired) electrons. The van der Waals surface area contributed by atoms with Gasteiger partial charge in [-0.2, -0.15) is 0 Å². The third kappa shape index (κ3) is 2.70. The van der Waals surface area contributed by atoms with Crippen molar-refractivity contribution in [3.63, 3.8) is 0 Å². The van der Waals surface area contributed by atoms with Gasteiger partial charge in [-0.05, 0) is 25.1 Å². The lowest BCUT2D eigenvalue weighted by Gasteiger charge is -2.09. The molecule has 1 aromatic rings. The fraction of sp³-hybridized carbons (Fsp3) is 0.500. The van der Waals surface area contributed by atoms with Crippen molar-refractivity contribution < 1.29 is 8.42 Å². The quantitative estimate of drug-likeness (QED) is 0.860. The van der Waals surface area contributed by atoms with E-state index in [0.29, 0.717) is 10.9 Å². The topological polar surface area (TPSA) is 58.2 Å². The molecule has 1 aliphatic rings. The minimum atomic E-state index is -3.38. The second-order valence-corrected chi connectivity index (χ2v) is 7.03. The molecule has 1 aromatic heterocycles. The fourth-order valence-corrected chi connectivity index (χ4v) is 4.24. The second-order valence-electron chi connectivity index (χ2n) is 3.37. The number of rotatable bonds is 3. The zero-order valence-electron chi connectivity index (χ0n) is 7.86. The summed E-state index contributed by atoms with van der Waals surface area (Å²) in [5, 5.41) is 3.10. The van der Waals surface area contributed by atoms with E-state index in [1.807, 2.05) is 0 Å². The molecule has 0 spiro atoms. The summed E-state index contributed by atoms with van der Waals surface area (Å²) < 4.78 is 27.0. The first-order valence-corrected chi connectivity index (χ1v) is 7.24. The van der Waals surface area contributed by atoms with Gasteiger partial charge in [0.2, 0.25) is 10.0 Å². The maximum absolute atomic E-state index is 11.8. The predicted octanol–water partition coefficient (Wildman–Crippen LogP) is 1.04. The molecule has 84 valence electrons. The molecule has 1 aliphatic heterocycles. The molecule has 1 unspecified atom stereocenters. The van der Waals surface area contributed by atoms with E-state index in [-0.39, 0.29) is 10.3 Å². The minimum Gasteiger partial charge on any atom is -0.315 e. The molecule has 0 bridgehead atoms. The Kier molecular flexibility index (Phi) is 3.32. The highest BCUT2D eigenvalue weighted by Gasteiger charge is 2.23. The van der Waals surface area contributed by atoms with Gasteiger partial charge in [-0.15, -0.1) is 11.3 Å². The number of halogens is 1. The maximum atomic E-state index is 11.8. The van der Waals surface area contributed by atoms with Crippen molar-refractivity contribution >= 4 is 33.0 Å². The van der Waals surface area contributed by atoms with E-state index in [4.69, 9.17) is 11.6 Å². The molecule has 0 amide bonds. The average molecular weight is 267 g/mol. The van der Waals surface area contributed by atoms with E-state index in [1.165, 1.54) is 6.07 Å². The lowest BCUT2D eigenvalue weighted by atomic mass is 10.3. The van der Waals surface area contributed by atoms with Crippen LogP contribution in [0, 0.1) is 0 Å². The highest BCUT2D eigenvalue weighted by atomic mass is 35.5. The number of sulfonamides is 1.